The highest BCUT2D eigenvalue weighted by Gasteiger charge is 2.18. The van der Waals surface area contributed by atoms with Gasteiger partial charge in [0.2, 0.25) is 0 Å². The van der Waals surface area contributed by atoms with Crippen molar-refractivity contribution in [3.05, 3.63) is 27.9 Å². The molecule has 1 aliphatic rings. The maximum atomic E-state index is 12.4. The number of halogens is 1. The molecule has 0 unspecified atom stereocenters. The fourth-order valence-corrected chi connectivity index (χ4v) is 2.44. The molecule has 6 nitrogen and oxygen atoms in total. The lowest BCUT2D eigenvalue weighted by molar-refractivity contribution is 0.122. The topological polar surface area (TPSA) is 60.2 Å². The Morgan fingerprint density at radius 3 is 2.79 bits per heavy atom. The molecule has 0 N–H and O–H groups in total. The maximum absolute atomic E-state index is 12.4. The van der Waals surface area contributed by atoms with E-state index in [2.05, 4.69) is 9.97 Å². The smallest absolute Gasteiger partial charge is 0.275 e. The van der Waals surface area contributed by atoms with E-state index in [0.29, 0.717) is 48.2 Å². The molecule has 0 aromatic carbocycles. The third-order valence-corrected chi connectivity index (χ3v) is 3.59. The third-order valence-electron chi connectivity index (χ3n) is 3.29. The summed E-state index contributed by atoms with van der Waals surface area (Å²) in [4.78, 5) is 22.5. The van der Waals surface area contributed by atoms with E-state index in [4.69, 9.17) is 16.3 Å². The van der Waals surface area contributed by atoms with E-state index in [1.54, 1.807) is 13.1 Å². The van der Waals surface area contributed by atoms with Gasteiger partial charge in [0, 0.05) is 20.1 Å². The molecular weight excluding hydrogens is 268 g/mol. The first-order valence-corrected chi connectivity index (χ1v) is 6.39. The molecule has 0 aliphatic carbocycles. The van der Waals surface area contributed by atoms with Gasteiger partial charge < -0.3 is 9.64 Å². The van der Waals surface area contributed by atoms with Crippen LogP contribution >= 0.6 is 11.6 Å². The highest BCUT2D eigenvalue weighted by Crippen LogP contribution is 2.22. The molecule has 7 heteroatoms. The van der Waals surface area contributed by atoms with Crippen LogP contribution in [-0.2, 0) is 11.8 Å². The molecule has 1 aliphatic heterocycles. The lowest BCUT2D eigenvalue weighted by Gasteiger charge is -2.28. The second kappa shape index (κ2) is 4.79. The standard InChI is InChI=1S/C12H13ClN4O2/c1-16-11-8(10(13)14-7-15-11)6-9(12(16)18)17-2-4-19-5-3-17/h6-7H,2-5H2,1H3. The summed E-state index contributed by atoms with van der Waals surface area (Å²) in [6.45, 7) is 2.65. The first-order chi connectivity index (χ1) is 9.18. The van der Waals surface area contributed by atoms with Crippen molar-refractivity contribution in [3.8, 4) is 0 Å². The van der Waals surface area contributed by atoms with Crippen LogP contribution in [0.2, 0.25) is 5.15 Å². The first-order valence-electron chi connectivity index (χ1n) is 6.01. The van der Waals surface area contributed by atoms with Crippen LogP contribution < -0.4 is 10.5 Å². The Hall–Kier alpha value is -1.66. The number of nitrogens with zero attached hydrogens (tertiary/aromatic N) is 4. The van der Waals surface area contributed by atoms with Gasteiger partial charge >= 0.3 is 0 Å². The molecule has 19 heavy (non-hydrogen) atoms. The number of morpholine rings is 1. The Balaban J connectivity index is 2.22. The van der Waals surface area contributed by atoms with Crippen molar-refractivity contribution in [2.75, 3.05) is 31.2 Å². The fraction of sp³-hybridized carbons (Fsp3) is 0.417. The number of aromatic nitrogens is 3. The highest BCUT2D eigenvalue weighted by atomic mass is 35.5. The predicted molar refractivity (Wildman–Crippen MR) is 72.8 cm³/mol. The Morgan fingerprint density at radius 2 is 2.05 bits per heavy atom. The van der Waals surface area contributed by atoms with E-state index in [0.717, 1.165) is 0 Å². The van der Waals surface area contributed by atoms with Crippen molar-refractivity contribution >= 4 is 28.3 Å². The number of ether oxygens (including phenoxy) is 1. The number of pyridine rings is 1. The van der Waals surface area contributed by atoms with E-state index < -0.39 is 0 Å². The van der Waals surface area contributed by atoms with Gasteiger partial charge in [0.05, 0.1) is 18.6 Å². The Bertz CT molecular complexity index is 679. The molecule has 0 spiro atoms. The molecule has 3 rings (SSSR count). The summed E-state index contributed by atoms with van der Waals surface area (Å²) in [5.41, 5.74) is 1.08. The van der Waals surface area contributed by atoms with Crippen molar-refractivity contribution in [3.63, 3.8) is 0 Å². The van der Waals surface area contributed by atoms with Crippen LogP contribution in [0.3, 0.4) is 0 Å². The summed E-state index contributed by atoms with van der Waals surface area (Å²) < 4.78 is 6.81. The van der Waals surface area contributed by atoms with E-state index in [1.807, 2.05) is 4.90 Å². The third kappa shape index (κ3) is 2.06. The predicted octanol–water partition coefficient (Wildman–Crippen LogP) is 0.818. The minimum absolute atomic E-state index is 0.0795. The van der Waals surface area contributed by atoms with Crippen molar-refractivity contribution in [2.24, 2.45) is 7.05 Å². The lowest BCUT2D eigenvalue weighted by atomic mass is 10.2. The molecule has 2 aromatic rings. The molecule has 2 aromatic heterocycles. The number of hydrogen-bond acceptors (Lipinski definition) is 5. The summed E-state index contributed by atoms with van der Waals surface area (Å²) in [5, 5.41) is 1.04. The fourth-order valence-electron chi connectivity index (χ4n) is 2.25. The Labute approximate surface area is 114 Å². The van der Waals surface area contributed by atoms with E-state index in [-0.39, 0.29) is 5.56 Å². The molecule has 3 heterocycles. The average molecular weight is 281 g/mol. The molecule has 0 saturated carbocycles. The van der Waals surface area contributed by atoms with Gasteiger partial charge in [0.15, 0.2) is 0 Å². The van der Waals surface area contributed by atoms with Crippen LogP contribution in [0.5, 0.6) is 0 Å². The number of aryl methyl sites for hydroxylation is 1. The van der Waals surface area contributed by atoms with Crippen LogP contribution in [0.25, 0.3) is 11.0 Å². The van der Waals surface area contributed by atoms with Gasteiger partial charge in [-0.05, 0) is 6.07 Å². The lowest BCUT2D eigenvalue weighted by Crippen LogP contribution is -2.40. The molecule has 0 atom stereocenters. The van der Waals surface area contributed by atoms with Crippen LogP contribution in [0.1, 0.15) is 0 Å². The molecule has 1 saturated heterocycles. The second-order valence-electron chi connectivity index (χ2n) is 4.39. The van der Waals surface area contributed by atoms with Gasteiger partial charge in [0.25, 0.3) is 5.56 Å². The summed E-state index contributed by atoms with van der Waals surface area (Å²) in [7, 11) is 1.69. The number of anilines is 1. The Morgan fingerprint density at radius 1 is 1.32 bits per heavy atom. The van der Waals surface area contributed by atoms with Crippen LogP contribution in [0, 0.1) is 0 Å². The summed E-state index contributed by atoms with van der Waals surface area (Å²) in [5.74, 6) is 0. The summed E-state index contributed by atoms with van der Waals surface area (Å²) in [6, 6.07) is 1.77. The molecule has 100 valence electrons. The van der Waals surface area contributed by atoms with Crippen molar-refractivity contribution in [1.82, 2.24) is 14.5 Å². The van der Waals surface area contributed by atoms with Gasteiger partial charge in [-0.3, -0.25) is 9.36 Å². The van der Waals surface area contributed by atoms with Gasteiger partial charge in [-0.2, -0.15) is 0 Å². The maximum Gasteiger partial charge on any atom is 0.275 e. The normalized spacial score (nSPS) is 16.0. The zero-order valence-corrected chi connectivity index (χ0v) is 11.2. The van der Waals surface area contributed by atoms with Crippen LogP contribution in [0.4, 0.5) is 5.69 Å². The zero-order valence-electron chi connectivity index (χ0n) is 10.5. The summed E-state index contributed by atoms with van der Waals surface area (Å²) in [6.07, 6.45) is 1.36. The minimum Gasteiger partial charge on any atom is -0.378 e. The van der Waals surface area contributed by atoms with Gasteiger partial charge in [0.1, 0.15) is 22.8 Å². The monoisotopic (exact) mass is 280 g/mol. The van der Waals surface area contributed by atoms with Gasteiger partial charge in [-0.1, -0.05) is 11.6 Å². The van der Waals surface area contributed by atoms with E-state index in [1.165, 1.54) is 10.9 Å². The van der Waals surface area contributed by atoms with E-state index in [9.17, 15) is 4.79 Å². The second-order valence-corrected chi connectivity index (χ2v) is 4.75. The van der Waals surface area contributed by atoms with Crippen LogP contribution in [-0.4, -0.2) is 40.8 Å². The molecule has 0 radical (unpaired) electrons. The molecule has 1 fully saturated rings. The van der Waals surface area contributed by atoms with Gasteiger partial charge in [-0.25, -0.2) is 9.97 Å². The molecule has 0 amide bonds. The van der Waals surface area contributed by atoms with Gasteiger partial charge in [-0.15, -0.1) is 0 Å². The molecular formula is C12H13ClN4O2. The van der Waals surface area contributed by atoms with Crippen molar-refractivity contribution < 1.29 is 4.74 Å². The van der Waals surface area contributed by atoms with Crippen LogP contribution in [0.15, 0.2) is 17.2 Å². The highest BCUT2D eigenvalue weighted by molar-refractivity contribution is 6.33. The number of fused-ring (bicyclic) bond motifs is 1. The van der Waals surface area contributed by atoms with Crippen molar-refractivity contribution in [2.45, 2.75) is 0 Å². The quantitative estimate of drug-likeness (QED) is 0.724. The number of hydrogen-bond donors (Lipinski definition) is 0. The minimum atomic E-state index is -0.0795. The van der Waals surface area contributed by atoms with Crippen molar-refractivity contribution in [1.29, 1.82) is 0 Å². The molecule has 0 bridgehead atoms. The number of rotatable bonds is 1. The zero-order chi connectivity index (χ0) is 13.4. The average Bonchev–Trinajstić information content (AvgIpc) is 2.44. The SMILES string of the molecule is Cn1c(=O)c(N2CCOCC2)cc2c(Cl)ncnc21. The summed E-state index contributed by atoms with van der Waals surface area (Å²) >= 11 is 6.08. The Kier molecular flexibility index (Phi) is 3.12. The van der Waals surface area contributed by atoms with E-state index >= 15 is 0 Å². The largest absolute Gasteiger partial charge is 0.378 e. The first kappa shape index (κ1) is 12.4.